The highest BCUT2D eigenvalue weighted by molar-refractivity contribution is 7.92. The predicted octanol–water partition coefficient (Wildman–Crippen LogP) is 15.8. The SMILES string of the molecule is O=S1(=O)c2ccccc2-c2ccc(-c3cc(C(=C(c4ccccc4)c4ccccc4)c4ccccc4)ccc3-c3ccc(C(=C(c4ccccc4)c4ccccc4)c4ccccc4)cc3)cc21. The van der Waals surface area contributed by atoms with Gasteiger partial charge in [-0.1, -0.05) is 249 Å². The van der Waals surface area contributed by atoms with E-state index in [1.807, 2.05) is 30.3 Å². The lowest BCUT2D eigenvalue weighted by Crippen LogP contribution is -2.00. The van der Waals surface area contributed by atoms with E-state index in [0.717, 1.165) is 100 Å². The number of hydrogen-bond donors (Lipinski definition) is 0. The molecule has 2 nitrogen and oxygen atoms in total. The van der Waals surface area contributed by atoms with Gasteiger partial charge in [0.15, 0.2) is 0 Å². The van der Waals surface area contributed by atoms with Crippen molar-refractivity contribution in [3.05, 3.63) is 311 Å². The Hall–Kier alpha value is -8.37. The van der Waals surface area contributed by atoms with Crippen molar-refractivity contribution in [2.45, 2.75) is 9.79 Å². The van der Waals surface area contributed by atoms with E-state index in [4.69, 9.17) is 0 Å². The highest BCUT2D eigenvalue weighted by Gasteiger charge is 2.33. The topological polar surface area (TPSA) is 34.1 Å². The summed E-state index contributed by atoms with van der Waals surface area (Å²) in [4.78, 5) is 0.682. The van der Waals surface area contributed by atoms with Crippen molar-refractivity contribution >= 4 is 32.1 Å². The van der Waals surface area contributed by atoms with Gasteiger partial charge in [0.25, 0.3) is 0 Å². The fourth-order valence-electron chi connectivity index (χ4n) is 9.63. The van der Waals surface area contributed by atoms with Crippen molar-refractivity contribution in [2.75, 3.05) is 0 Å². The summed E-state index contributed by atoms with van der Waals surface area (Å²) in [6, 6.07) is 92.3. The fraction of sp³-hybridized carbons (Fsp3) is 0. The van der Waals surface area contributed by atoms with Crippen LogP contribution in [0.2, 0.25) is 0 Å². The highest BCUT2D eigenvalue weighted by atomic mass is 32.2. The number of fused-ring (bicyclic) bond motifs is 3. The molecule has 0 fully saturated rings. The zero-order valence-electron chi connectivity index (χ0n) is 36.6. The van der Waals surface area contributed by atoms with Gasteiger partial charge < -0.3 is 0 Å². The number of sulfone groups is 1. The first kappa shape index (κ1) is 41.3. The molecule has 1 aliphatic heterocycles. The molecule has 318 valence electrons. The van der Waals surface area contributed by atoms with Crippen LogP contribution in [0, 0.1) is 0 Å². The molecule has 0 radical (unpaired) electrons. The van der Waals surface area contributed by atoms with Crippen molar-refractivity contribution < 1.29 is 8.42 Å². The molecule has 11 rings (SSSR count). The monoisotopic (exact) mass is 876 g/mol. The van der Waals surface area contributed by atoms with Gasteiger partial charge in [-0.25, -0.2) is 8.42 Å². The molecule has 0 aromatic heterocycles. The van der Waals surface area contributed by atoms with E-state index in [1.165, 1.54) is 0 Å². The molecule has 0 saturated heterocycles. The molecule has 67 heavy (non-hydrogen) atoms. The molecule has 10 aromatic carbocycles. The van der Waals surface area contributed by atoms with Gasteiger partial charge in [-0.05, 0) is 107 Å². The molecular weight excluding hydrogens is 833 g/mol. The van der Waals surface area contributed by atoms with Crippen LogP contribution in [0.1, 0.15) is 44.5 Å². The van der Waals surface area contributed by atoms with E-state index in [0.29, 0.717) is 9.79 Å². The van der Waals surface area contributed by atoms with E-state index in [9.17, 15) is 8.42 Å². The third-order valence-corrected chi connectivity index (χ3v) is 14.6. The van der Waals surface area contributed by atoms with Gasteiger partial charge in [-0.15, -0.1) is 0 Å². The van der Waals surface area contributed by atoms with Gasteiger partial charge in [0.2, 0.25) is 9.84 Å². The lowest BCUT2D eigenvalue weighted by molar-refractivity contribution is 0.598. The molecule has 0 aliphatic carbocycles. The van der Waals surface area contributed by atoms with Crippen molar-refractivity contribution in [2.24, 2.45) is 0 Å². The lowest BCUT2D eigenvalue weighted by Gasteiger charge is -2.21. The number of benzene rings is 10. The Balaban J connectivity index is 1.15. The van der Waals surface area contributed by atoms with Crippen LogP contribution in [-0.2, 0) is 9.84 Å². The van der Waals surface area contributed by atoms with E-state index in [2.05, 4.69) is 224 Å². The maximum absolute atomic E-state index is 14.2. The van der Waals surface area contributed by atoms with Crippen molar-refractivity contribution in [1.82, 2.24) is 0 Å². The van der Waals surface area contributed by atoms with Crippen LogP contribution in [-0.4, -0.2) is 8.42 Å². The van der Waals surface area contributed by atoms with Gasteiger partial charge in [-0.3, -0.25) is 0 Å². The van der Waals surface area contributed by atoms with Crippen LogP contribution < -0.4 is 0 Å². The summed E-state index contributed by atoms with van der Waals surface area (Å²) in [6.07, 6.45) is 0. The second-order valence-corrected chi connectivity index (χ2v) is 18.6. The summed E-state index contributed by atoms with van der Waals surface area (Å²) in [5, 5.41) is 0. The third kappa shape index (κ3) is 7.86. The van der Waals surface area contributed by atoms with Crippen LogP contribution in [0.25, 0.3) is 55.7 Å². The average molecular weight is 877 g/mol. The zero-order valence-corrected chi connectivity index (χ0v) is 37.4. The molecule has 0 atom stereocenters. The smallest absolute Gasteiger partial charge is 0.207 e. The van der Waals surface area contributed by atoms with Crippen molar-refractivity contribution in [3.8, 4) is 33.4 Å². The average Bonchev–Trinajstić information content (AvgIpc) is 3.63. The minimum absolute atomic E-state index is 0.331. The first-order valence-corrected chi connectivity index (χ1v) is 24.1. The molecule has 0 spiro atoms. The summed E-state index contributed by atoms with van der Waals surface area (Å²) in [5.74, 6) is 0. The van der Waals surface area contributed by atoms with Crippen LogP contribution in [0.15, 0.2) is 277 Å². The molecule has 1 aliphatic rings. The van der Waals surface area contributed by atoms with E-state index in [-0.39, 0.29) is 0 Å². The summed E-state index contributed by atoms with van der Waals surface area (Å²) < 4.78 is 28.5. The Morgan fingerprint density at radius 1 is 0.224 bits per heavy atom. The normalized spacial score (nSPS) is 12.1. The van der Waals surface area contributed by atoms with Crippen LogP contribution in [0.3, 0.4) is 0 Å². The minimum Gasteiger partial charge on any atom is -0.218 e. The number of rotatable bonds is 10. The molecular formula is C64H44O2S. The van der Waals surface area contributed by atoms with Crippen LogP contribution >= 0.6 is 0 Å². The molecule has 10 aromatic rings. The van der Waals surface area contributed by atoms with Gasteiger partial charge in [0, 0.05) is 11.1 Å². The highest BCUT2D eigenvalue weighted by Crippen LogP contribution is 2.47. The first-order valence-electron chi connectivity index (χ1n) is 22.6. The summed E-state index contributed by atoms with van der Waals surface area (Å²) >= 11 is 0. The predicted molar refractivity (Wildman–Crippen MR) is 277 cm³/mol. The third-order valence-electron chi connectivity index (χ3n) is 12.7. The Morgan fingerprint density at radius 2 is 0.537 bits per heavy atom. The largest absolute Gasteiger partial charge is 0.218 e. The molecule has 0 bridgehead atoms. The molecule has 3 heteroatoms. The van der Waals surface area contributed by atoms with E-state index < -0.39 is 9.84 Å². The van der Waals surface area contributed by atoms with Gasteiger partial charge in [0.1, 0.15) is 0 Å². The molecule has 0 N–H and O–H groups in total. The molecule has 0 amide bonds. The van der Waals surface area contributed by atoms with Crippen LogP contribution in [0.5, 0.6) is 0 Å². The van der Waals surface area contributed by atoms with Crippen molar-refractivity contribution in [3.63, 3.8) is 0 Å². The lowest BCUT2D eigenvalue weighted by atomic mass is 9.83. The molecule has 0 unspecified atom stereocenters. The maximum Gasteiger partial charge on any atom is 0.207 e. The second kappa shape index (κ2) is 17.9. The quantitative estimate of drug-likeness (QED) is 0.128. The fourth-order valence-corrected chi connectivity index (χ4v) is 11.3. The number of hydrogen-bond acceptors (Lipinski definition) is 2. The minimum atomic E-state index is -3.74. The molecule has 0 saturated carbocycles. The maximum atomic E-state index is 14.2. The van der Waals surface area contributed by atoms with Gasteiger partial charge in [-0.2, -0.15) is 0 Å². The summed E-state index contributed by atoms with van der Waals surface area (Å²) in [6.45, 7) is 0. The second-order valence-electron chi connectivity index (χ2n) is 16.7. The van der Waals surface area contributed by atoms with Gasteiger partial charge >= 0.3 is 0 Å². The Labute approximate surface area is 393 Å². The first-order chi connectivity index (χ1) is 33.0. The molecule has 1 heterocycles. The summed E-state index contributed by atoms with van der Waals surface area (Å²) in [5.41, 5.74) is 18.5. The van der Waals surface area contributed by atoms with Crippen LogP contribution in [0.4, 0.5) is 0 Å². The van der Waals surface area contributed by atoms with E-state index in [1.54, 1.807) is 12.1 Å². The Kier molecular flexibility index (Phi) is 11.0. The standard InChI is InChI=1S/C64H44O2S/c65-67(66)59-34-20-19-33-56(59)57-42-39-53(44-60(57)67)58-43-54(64(51-31-17-6-18-32-51)62(48-25-11-3-12-26-48)49-27-13-4-14-28-49)40-41-55(58)45-35-37-52(38-36-45)63(50-29-15-5-16-30-50)61(46-21-7-1-8-22-46)47-23-9-2-10-24-47/h1-44H. The zero-order chi connectivity index (χ0) is 45.2. The van der Waals surface area contributed by atoms with E-state index >= 15 is 0 Å². The van der Waals surface area contributed by atoms with Crippen molar-refractivity contribution in [1.29, 1.82) is 0 Å². The Morgan fingerprint density at radius 3 is 0.970 bits per heavy atom. The van der Waals surface area contributed by atoms with Gasteiger partial charge in [0.05, 0.1) is 9.79 Å². The summed E-state index contributed by atoms with van der Waals surface area (Å²) in [7, 11) is -3.74. The Bertz CT molecular complexity index is 3480.